The van der Waals surface area contributed by atoms with Crippen LogP contribution in [0.5, 0.6) is 5.75 Å². The average molecular weight is 250 g/mol. The molecule has 1 amide bonds. The molecule has 1 aromatic carbocycles. The van der Waals surface area contributed by atoms with Gasteiger partial charge in [-0.05, 0) is 18.1 Å². The Hall–Kier alpha value is -2.04. The molecular formula is C13H15FN2O2. The highest BCUT2D eigenvalue weighted by Gasteiger charge is 2.10. The van der Waals surface area contributed by atoms with Gasteiger partial charge >= 0.3 is 0 Å². The Bertz CT molecular complexity index is 578. The second-order valence-corrected chi connectivity index (χ2v) is 4.08. The molecule has 0 aliphatic heterocycles. The number of ether oxygens (including phenoxy) is 1. The molecule has 0 unspecified atom stereocenters. The first-order valence-electron chi connectivity index (χ1n) is 5.69. The lowest BCUT2D eigenvalue weighted by Crippen LogP contribution is -2.22. The Kier molecular flexibility index (Phi) is 3.50. The summed E-state index contributed by atoms with van der Waals surface area (Å²) < 4.78 is 18.8. The van der Waals surface area contributed by atoms with Crippen LogP contribution in [0.2, 0.25) is 0 Å². The third-order valence-corrected chi connectivity index (χ3v) is 2.80. The summed E-state index contributed by atoms with van der Waals surface area (Å²) in [4.78, 5) is 13.7. The summed E-state index contributed by atoms with van der Waals surface area (Å²) in [5, 5.41) is 3.50. The molecule has 0 radical (unpaired) electrons. The van der Waals surface area contributed by atoms with Gasteiger partial charge in [-0.2, -0.15) is 0 Å². The van der Waals surface area contributed by atoms with Crippen LogP contribution in [0.25, 0.3) is 10.9 Å². The van der Waals surface area contributed by atoms with E-state index in [4.69, 9.17) is 4.74 Å². The van der Waals surface area contributed by atoms with Crippen LogP contribution in [-0.4, -0.2) is 24.5 Å². The average Bonchev–Trinajstić information content (AvgIpc) is 2.72. The molecule has 0 fully saturated rings. The molecule has 0 aliphatic rings. The van der Waals surface area contributed by atoms with Gasteiger partial charge in [-0.25, -0.2) is 4.39 Å². The molecule has 5 heteroatoms. The highest BCUT2D eigenvalue weighted by atomic mass is 19.1. The number of fused-ring (bicyclic) bond motifs is 1. The highest BCUT2D eigenvalue weighted by molar-refractivity contribution is 5.85. The largest absolute Gasteiger partial charge is 0.497 e. The molecule has 0 bridgehead atoms. The van der Waals surface area contributed by atoms with Crippen LogP contribution >= 0.6 is 0 Å². The van der Waals surface area contributed by atoms with E-state index >= 15 is 0 Å². The molecule has 2 aromatic rings. The van der Waals surface area contributed by atoms with E-state index in [2.05, 4.69) is 10.3 Å². The second kappa shape index (κ2) is 5.08. The van der Waals surface area contributed by atoms with E-state index in [9.17, 15) is 9.18 Å². The van der Waals surface area contributed by atoms with Crippen molar-refractivity contribution in [2.24, 2.45) is 0 Å². The van der Waals surface area contributed by atoms with Crippen molar-refractivity contribution in [3.8, 4) is 5.75 Å². The maximum Gasteiger partial charge on any atom is 0.216 e. The Morgan fingerprint density at radius 2 is 2.28 bits per heavy atom. The van der Waals surface area contributed by atoms with Gasteiger partial charge in [0.1, 0.15) is 5.75 Å². The molecule has 2 rings (SSSR count). The van der Waals surface area contributed by atoms with E-state index in [-0.39, 0.29) is 11.7 Å². The minimum absolute atomic E-state index is 0.0707. The van der Waals surface area contributed by atoms with Crippen LogP contribution in [-0.2, 0) is 11.2 Å². The number of amides is 1. The number of rotatable bonds is 4. The zero-order valence-electron chi connectivity index (χ0n) is 10.3. The molecule has 1 heterocycles. The summed E-state index contributed by atoms with van der Waals surface area (Å²) in [6, 6.07) is 3.13. The number of H-pyrrole nitrogens is 1. The number of hydrogen-bond acceptors (Lipinski definition) is 2. The molecule has 0 saturated heterocycles. The van der Waals surface area contributed by atoms with Gasteiger partial charge in [0.05, 0.1) is 12.6 Å². The first kappa shape index (κ1) is 12.4. The smallest absolute Gasteiger partial charge is 0.216 e. The monoisotopic (exact) mass is 250 g/mol. The summed E-state index contributed by atoms with van der Waals surface area (Å²) >= 11 is 0. The first-order chi connectivity index (χ1) is 8.61. The quantitative estimate of drug-likeness (QED) is 0.872. The summed E-state index contributed by atoms with van der Waals surface area (Å²) in [5.41, 5.74) is 1.42. The molecule has 0 atom stereocenters. The van der Waals surface area contributed by atoms with Crippen LogP contribution in [0.15, 0.2) is 18.3 Å². The van der Waals surface area contributed by atoms with Crippen LogP contribution in [0.3, 0.4) is 0 Å². The second-order valence-electron chi connectivity index (χ2n) is 4.08. The van der Waals surface area contributed by atoms with Gasteiger partial charge in [-0.3, -0.25) is 4.79 Å². The molecule has 4 nitrogen and oxygen atoms in total. The third-order valence-electron chi connectivity index (χ3n) is 2.80. The predicted molar refractivity (Wildman–Crippen MR) is 67.2 cm³/mol. The third kappa shape index (κ3) is 2.45. The summed E-state index contributed by atoms with van der Waals surface area (Å²) in [7, 11) is 1.50. The summed E-state index contributed by atoms with van der Waals surface area (Å²) in [5.74, 6) is 0.0779. The Morgan fingerprint density at radius 3 is 2.94 bits per heavy atom. The van der Waals surface area contributed by atoms with Gasteiger partial charge in [-0.1, -0.05) is 0 Å². The summed E-state index contributed by atoms with van der Waals surface area (Å²) in [6.07, 6.45) is 2.40. The molecule has 96 valence electrons. The lowest BCUT2D eigenvalue weighted by atomic mass is 10.1. The van der Waals surface area contributed by atoms with E-state index in [1.807, 2.05) is 0 Å². The van der Waals surface area contributed by atoms with Gasteiger partial charge in [0.25, 0.3) is 0 Å². The number of carbonyl (C=O) groups excluding carboxylic acids is 1. The standard InChI is InChI=1S/C13H15FN2O2/c1-8(17)15-4-3-9-7-16-13-11(9)5-10(18-2)6-12(13)14/h5-7,16H,3-4H2,1-2H3,(H,15,17). The normalized spacial score (nSPS) is 10.6. The van der Waals surface area contributed by atoms with Crippen LogP contribution in [0, 0.1) is 5.82 Å². The zero-order valence-corrected chi connectivity index (χ0v) is 10.3. The van der Waals surface area contributed by atoms with Crippen LogP contribution < -0.4 is 10.1 Å². The van der Waals surface area contributed by atoms with Crippen molar-refractivity contribution >= 4 is 16.8 Å². The Morgan fingerprint density at radius 1 is 1.50 bits per heavy atom. The fourth-order valence-electron chi connectivity index (χ4n) is 1.92. The fourth-order valence-corrected chi connectivity index (χ4v) is 1.92. The molecular weight excluding hydrogens is 235 g/mol. The number of nitrogens with one attached hydrogen (secondary N) is 2. The summed E-state index contributed by atoms with van der Waals surface area (Å²) in [6.45, 7) is 2.00. The van der Waals surface area contributed by atoms with E-state index in [0.29, 0.717) is 24.2 Å². The lowest BCUT2D eigenvalue weighted by Gasteiger charge is -2.03. The van der Waals surface area contributed by atoms with Gasteiger partial charge < -0.3 is 15.0 Å². The first-order valence-corrected chi connectivity index (χ1v) is 5.69. The number of benzene rings is 1. The van der Waals surface area contributed by atoms with Crippen molar-refractivity contribution in [3.63, 3.8) is 0 Å². The predicted octanol–water partition coefficient (Wildman–Crippen LogP) is 1.99. The maximum atomic E-state index is 13.7. The van der Waals surface area contributed by atoms with E-state index < -0.39 is 0 Å². The minimum Gasteiger partial charge on any atom is -0.497 e. The number of halogens is 1. The van der Waals surface area contributed by atoms with Gasteiger partial charge in [0.15, 0.2) is 5.82 Å². The fraction of sp³-hybridized carbons (Fsp3) is 0.308. The zero-order chi connectivity index (χ0) is 13.1. The number of hydrogen-bond donors (Lipinski definition) is 2. The number of aromatic amines is 1. The molecule has 0 saturated carbocycles. The van der Waals surface area contributed by atoms with Crippen molar-refractivity contribution < 1.29 is 13.9 Å². The van der Waals surface area contributed by atoms with Crippen molar-refractivity contribution in [2.45, 2.75) is 13.3 Å². The topological polar surface area (TPSA) is 54.1 Å². The molecule has 0 aliphatic carbocycles. The van der Waals surface area contributed by atoms with Crippen LogP contribution in [0.1, 0.15) is 12.5 Å². The van der Waals surface area contributed by atoms with E-state index in [0.717, 1.165) is 10.9 Å². The Labute approximate surface area is 104 Å². The number of carbonyl (C=O) groups is 1. The molecule has 0 spiro atoms. The number of aromatic nitrogens is 1. The highest BCUT2D eigenvalue weighted by Crippen LogP contribution is 2.26. The molecule has 1 aromatic heterocycles. The van der Waals surface area contributed by atoms with E-state index in [1.54, 1.807) is 12.3 Å². The van der Waals surface area contributed by atoms with Crippen molar-refractivity contribution in [2.75, 3.05) is 13.7 Å². The maximum absolute atomic E-state index is 13.7. The lowest BCUT2D eigenvalue weighted by molar-refractivity contribution is -0.118. The van der Waals surface area contributed by atoms with E-state index in [1.165, 1.54) is 20.1 Å². The molecule has 2 N–H and O–H groups in total. The Balaban J connectivity index is 2.28. The van der Waals surface area contributed by atoms with Gasteiger partial charge in [0.2, 0.25) is 5.91 Å². The van der Waals surface area contributed by atoms with Gasteiger partial charge in [-0.15, -0.1) is 0 Å². The van der Waals surface area contributed by atoms with Gasteiger partial charge in [0, 0.05) is 31.1 Å². The van der Waals surface area contributed by atoms with Crippen molar-refractivity contribution in [1.29, 1.82) is 0 Å². The minimum atomic E-state index is -0.338. The molecule has 18 heavy (non-hydrogen) atoms. The van der Waals surface area contributed by atoms with Crippen molar-refractivity contribution in [1.82, 2.24) is 10.3 Å². The van der Waals surface area contributed by atoms with Crippen LogP contribution in [0.4, 0.5) is 4.39 Å². The number of methoxy groups -OCH3 is 1. The SMILES string of the molecule is COc1cc(F)c2[nH]cc(CCNC(C)=O)c2c1. The van der Waals surface area contributed by atoms with Crippen molar-refractivity contribution in [3.05, 3.63) is 29.7 Å².